The van der Waals surface area contributed by atoms with Gasteiger partial charge in [-0.05, 0) is 29.8 Å². The summed E-state index contributed by atoms with van der Waals surface area (Å²) >= 11 is 5.40. The number of benzene rings is 2. The summed E-state index contributed by atoms with van der Waals surface area (Å²) < 4.78 is 6.46. The van der Waals surface area contributed by atoms with E-state index in [4.69, 9.17) is 4.74 Å². The number of thioether (sulfide) groups is 1. The van der Waals surface area contributed by atoms with Crippen molar-refractivity contribution in [3.8, 4) is 5.75 Å². The number of methoxy groups -OCH3 is 1. The molecule has 0 aromatic heterocycles. The van der Waals surface area contributed by atoms with Gasteiger partial charge in [0.15, 0.2) is 0 Å². The van der Waals surface area contributed by atoms with E-state index in [0.717, 1.165) is 21.7 Å². The minimum atomic E-state index is 0.337. The maximum Gasteiger partial charge on any atom is 0.142 e. The molecule has 4 heteroatoms. The van der Waals surface area contributed by atoms with Crippen LogP contribution in [-0.4, -0.2) is 12.9 Å². The molecule has 0 radical (unpaired) electrons. The Morgan fingerprint density at radius 3 is 2.95 bits per heavy atom. The Hall–Kier alpha value is -1.13. The Bertz CT molecular complexity index is 602. The lowest BCUT2D eigenvalue weighted by Crippen LogP contribution is -2.10. The van der Waals surface area contributed by atoms with Gasteiger partial charge < -0.3 is 10.1 Å². The summed E-state index contributed by atoms with van der Waals surface area (Å²) in [5, 5.41) is 3.58. The molecule has 1 N–H and O–H groups in total. The van der Waals surface area contributed by atoms with Crippen LogP contribution in [0.25, 0.3) is 0 Å². The van der Waals surface area contributed by atoms with Gasteiger partial charge in [-0.3, -0.25) is 0 Å². The highest BCUT2D eigenvalue weighted by Gasteiger charge is 2.23. The van der Waals surface area contributed by atoms with Gasteiger partial charge in [0, 0.05) is 15.1 Å². The van der Waals surface area contributed by atoms with Crippen molar-refractivity contribution in [3.63, 3.8) is 0 Å². The summed E-state index contributed by atoms with van der Waals surface area (Å²) in [5.41, 5.74) is 2.40. The van der Waals surface area contributed by atoms with E-state index >= 15 is 0 Å². The first-order valence-electron chi connectivity index (χ1n) is 6.10. The van der Waals surface area contributed by atoms with Gasteiger partial charge >= 0.3 is 0 Å². The summed E-state index contributed by atoms with van der Waals surface area (Å²) in [7, 11) is 1.70. The number of rotatable bonds is 3. The van der Waals surface area contributed by atoms with Crippen molar-refractivity contribution in [2.24, 2.45) is 0 Å². The molecular weight excluding hydrogens is 322 g/mol. The van der Waals surface area contributed by atoms with E-state index in [1.165, 1.54) is 10.5 Å². The zero-order valence-corrected chi connectivity index (χ0v) is 12.9. The number of hydrogen-bond donors (Lipinski definition) is 1. The van der Waals surface area contributed by atoms with E-state index in [-0.39, 0.29) is 0 Å². The van der Waals surface area contributed by atoms with Gasteiger partial charge in [0.2, 0.25) is 0 Å². The number of halogens is 1. The molecular formula is C15H14BrNOS. The summed E-state index contributed by atoms with van der Waals surface area (Å²) in [6.07, 6.45) is 0. The molecule has 3 rings (SSSR count). The largest absolute Gasteiger partial charge is 0.495 e. The standard InChI is InChI=1S/C15H14BrNOS/c1-18-14-7-6-10(16)8-12(14)17-13-9-19-15-5-3-2-4-11(13)15/h2-8,13,17H,9H2,1H3. The summed E-state index contributed by atoms with van der Waals surface area (Å²) in [6, 6.07) is 14.9. The van der Waals surface area contributed by atoms with Crippen LogP contribution >= 0.6 is 27.7 Å². The highest BCUT2D eigenvalue weighted by molar-refractivity contribution is 9.10. The summed E-state index contributed by atoms with van der Waals surface area (Å²) in [5.74, 6) is 1.92. The number of hydrogen-bond acceptors (Lipinski definition) is 3. The van der Waals surface area contributed by atoms with E-state index in [9.17, 15) is 0 Å². The summed E-state index contributed by atoms with van der Waals surface area (Å²) in [4.78, 5) is 1.37. The molecule has 0 bridgehead atoms. The highest BCUT2D eigenvalue weighted by atomic mass is 79.9. The van der Waals surface area contributed by atoms with Gasteiger partial charge in [0.05, 0.1) is 18.8 Å². The minimum Gasteiger partial charge on any atom is -0.495 e. The fourth-order valence-corrected chi connectivity index (χ4v) is 3.78. The highest BCUT2D eigenvalue weighted by Crippen LogP contribution is 2.41. The third kappa shape index (κ3) is 2.60. The lowest BCUT2D eigenvalue weighted by molar-refractivity contribution is 0.416. The predicted octanol–water partition coefficient (Wildman–Crippen LogP) is 4.72. The van der Waals surface area contributed by atoms with Gasteiger partial charge in [-0.1, -0.05) is 34.1 Å². The van der Waals surface area contributed by atoms with Crippen molar-refractivity contribution in [1.29, 1.82) is 0 Å². The second kappa shape index (κ2) is 5.47. The molecule has 98 valence electrons. The van der Waals surface area contributed by atoms with Crippen LogP contribution in [0.2, 0.25) is 0 Å². The van der Waals surface area contributed by atoms with Gasteiger partial charge in [-0.2, -0.15) is 0 Å². The number of anilines is 1. The maximum atomic E-state index is 5.41. The second-order valence-corrected chi connectivity index (χ2v) is 6.37. The predicted molar refractivity (Wildman–Crippen MR) is 84.2 cm³/mol. The average molecular weight is 336 g/mol. The van der Waals surface area contributed by atoms with Crippen LogP contribution in [0, 0.1) is 0 Å². The molecule has 1 aliphatic heterocycles. The first-order chi connectivity index (χ1) is 9.28. The number of nitrogens with one attached hydrogen (secondary N) is 1. The molecule has 2 nitrogen and oxygen atoms in total. The molecule has 0 amide bonds. The topological polar surface area (TPSA) is 21.3 Å². The lowest BCUT2D eigenvalue weighted by Gasteiger charge is -2.17. The van der Waals surface area contributed by atoms with Crippen molar-refractivity contribution in [2.45, 2.75) is 10.9 Å². The van der Waals surface area contributed by atoms with E-state index < -0.39 is 0 Å². The van der Waals surface area contributed by atoms with E-state index in [1.807, 2.05) is 23.9 Å². The van der Waals surface area contributed by atoms with Crippen LogP contribution in [0.4, 0.5) is 5.69 Å². The Morgan fingerprint density at radius 2 is 2.11 bits per heavy atom. The molecule has 1 atom stereocenters. The Balaban J connectivity index is 1.89. The zero-order chi connectivity index (χ0) is 13.2. The Kier molecular flexibility index (Phi) is 3.71. The molecule has 0 saturated carbocycles. The normalized spacial score (nSPS) is 17.1. The molecule has 1 unspecified atom stereocenters. The van der Waals surface area contributed by atoms with E-state index in [0.29, 0.717) is 6.04 Å². The number of fused-ring (bicyclic) bond motifs is 1. The van der Waals surface area contributed by atoms with Gasteiger partial charge in [-0.15, -0.1) is 11.8 Å². The van der Waals surface area contributed by atoms with Crippen molar-refractivity contribution < 1.29 is 4.74 Å². The fraction of sp³-hybridized carbons (Fsp3) is 0.200. The SMILES string of the molecule is COc1ccc(Br)cc1NC1CSc2ccccc21. The van der Waals surface area contributed by atoms with Crippen molar-refractivity contribution in [3.05, 3.63) is 52.5 Å². The van der Waals surface area contributed by atoms with Crippen molar-refractivity contribution >= 4 is 33.4 Å². The first-order valence-corrected chi connectivity index (χ1v) is 7.87. The minimum absolute atomic E-state index is 0.337. The van der Waals surface area contributed by atoms with Crippen LogP contribution in [-0.2, 0) is 0 Å². The molecule has 0 fully saturated rings. The first kappa shape index (κ1) is 12.9. The Morgan fingerprint density at radius 1 is 1.26 bits per heavy atom. The Labute approximate surface area is 125 Å². The molecule has 1 heterocycles. The van der Waals surface area contributed by atoms with Crippen LogP contribution < -0.4 is 10.1 Å². The van der Waals surface area contributed by atoms with E-state index in [1.54, 1.807) is 7.11 Å². The smallest absolute Gasteiger partial charge is 0.142 e. The van der Waals surface area contributed by atoms with Crippen LogP contribution in [0.15, 0.2) is 51.8 Å². The molecule has 19 heavy (non-hydrogen) atoms. The van der Waals surface area contributed by atoms with Gasteiger partial charge in [0.1, 0.15) is 5.75 Å². The van der Waals surface area contributed by atoms with Crippen LogP contribution in [0.1, 0.15) is 11.6 Å². The summed E-state index contributed by atoms with van der Waals surface area (Å²) in [6.45, 7) is 0. The second-order valence-electron chi connectivity index (χ2n) is 4.39. The quantitative estimate of drug-likeness (QED) is 0.877. The molecule has 0 spiro atoms. The van der Waals surface area contributed by atoms with Crippen LogP contribution in [0.5, 0.6) is 5.75 Å². The van der Waals surface area contributed by atoms with Gasteiger partial charge in [-0.25, -0.2) is 0 Å². The average Bonchev–Trinajstić information content (AvgIpc) is 2.83. The lowest BCUT2D eigenvalue weighted by atomic mass is 10.1. The van der Waals surface area contributed by atoms with Crippen molar-refractivity contribution in [1.82, 2.24) is 0 Å². The zero-order valence-electron chi connectivity index (χ0n) is 10.5. The number of ether oxygens (including phenoxy) is 1. The third-order valence-corrected chi connectivity index (χ3v) is 4.87. The van der Waals surface area contributed by atoms with Gasteiger partial charge in [0.25, 0.3) is 0 Å². The molecule has 0 saturated heterocycles. The monoisotopic (exact) mass is 335 g/mol. The van der Waals surface area contributed by atoms with E-state index in [2.05, 4.69) is 51.6 Å². The van der Waals surface area contributed by atoms with Crippen molar-refractivity contribution in [2.75, 3.05) is 18.2 Å². The third-order valence-electron chi connectivity index (χ3n) is 3.19. The molecule has 2 aromatic carbocycles. The molecule has 2 aromatic rings. The molecule has 1 aliphatic rings. The van der Waals surface area contributed by atoms with Crippen LogP contribution in [0.3, 0.4) is 0 Å². The fourth-order valence-electron chi connectivity index (χ4n) is 2.26. The maximum absolute atomic E-state index is 5.41. The molecule has 0 aliphatic carbocycles.